The number of benzene rings is 1. The van der Waals surface area contributed by atoms with Crippen LogP contribution in [0.2, 0.25) is 0 Å². The van der Waals surface area contributed by atoms with Gasteiger partial charge in [-0.05, 0) is 44.4 Å². The molecule has 1 saturated heterocycles. The van der Waals surface area contributed by atoms with Gasteiger partial charge in [0.15, 0.2) is 5.96 Å². The zero-order chi connectivity index (χ0) is 18.1. The van der Waals surface area contributed by atoms with E-state index in [4.69, 9.17) is 4.74 Å². The molecule has 1 aliphatic rings. The summed E-state index contributed by atoms with van der Waals surface area (Å²) in [6, 6.07) is 6.63. The second kappa shape index (κ2) is 10.4. The molecule has 25 heavy (non-hydrogen) atoms. The molecule has 2 N–H and O–H groups in total. The molecule has 0 radical (unpaired) electrons. The summed E-state index contributed by atoms with van der Waals surface area (Å²) >= 11 is 0. The lowest BCUT2D eigenvalue weighted by atomic mass is 10.1. The monoisotopic (exact) mass is 350 g/mol. The predicted molar refractivity (Wildman–Crippen MR) is 101 cm³/mol. The van der Waals surface area contributed by atoms with Crippen molar-refractivity contribution in [1.82, 2.24) is 15.5 Å². The molecule has 140 valence electrons. The number of nitrogens with one attached hydrogen (secondary N) is 2. The van der Waals surface area contributed by atoms with E-state index in [1.54, 1.807) is 7.05 Å². The Labute approximate surface area is 150 Å². The first-order valence-electron chi connectivity index (χ1n) is 9.13. The Morgan fingerprint density at radius 2 is 1.80 bits per heavy atom. The summed E-state index contributed by atoms with van der Waals surface area (Å²) in [4.78, 5) is 6.71. The quantitative estimate of drug-likeness (QED) is 0.449. The van der Waals surface area contributed by atoms with Crippen LogP contribution in [0.15, 0.2) is 29.3 Å². The summed E-state index contributed by atoms with van der Waals surface area (Å²) in [6.45, 7) is 9.00. The topological polar surface area (TPSA) is 48.9 Å². The van der Waals surface area contributed by atoms with E-state index in [1.807, 2.05) is 12.1 Å². The van der Waals surface area contributed by atoms with Crippen molar-refractivity contribution < 1.29 is 9.13 Å². The smallest absolute Gasteiger partial charge is 0.190 e. The maximum Gasteiger partial charge on any atom is 0.190 e. The van der Waals surface area contributed by atoms with E-state index in [0.717, 1.165) is 57.1 Å². The number of ether oxygens (including phenoxy) is 1. The molecule has 1 aromatic rings. The molecule has 0 aliphatic carbocycles. The predicted octanol–water partition coefficient (Wildman–Crippen LogP) is 2.03. The highest BCUT2D eigenvalue weighted by Crippen LogP contribution is 2.10. The van der Waals surface area contributed by atoms with Crippen molar-refractivity contribution in [2.45, 2.75) is 38.9 Å². The van der Waals surface area contributed by atoms with Gasteiger partial charge in [-0.15, -0.1) is 0 Å². The van der Waals surface area contributed by atoms with Crippen molar-refractivity contribution in [3.63, 3.8) is 0 Å². The minimum absolute atomic E-state index is 0.196. The molecule has 1 aliphatic heterocycles. The number of morpholine rings is 1. The summed E-state index contributed by atoms with van der Waals surface area (Å²) < 4.78 is 18.6. The van der Waals surface area contributed by atoms with Gasteiger partial charge in [0.1, 0.15) is 5.82 Å². The summed E-state index contributed by atoms with van der Waals surface area (Å²) in [5.74, 6) is 0.615. The molecule has 0 spiro atoms. The second-order valence-corrected chi connectivity index (χ2v) is 6.67. The number of hydrogen-bond acceptors (Lipinski definition) is 3. The molecule has 0 aromatic heterocycles. The van der Waals surface area contributed by atoms with Crippen molar-refractivity contribution in [2.24, 2.45) is 4.99 Å². The Hall–Kier alpha value is -1.66. The van der Waals surface area contributed by atoms with Gasteiger partial charge in [0.05, 0.1) is 12.2 Å². The Kier molecular flexibility index (Phi) is 8.15. The zero-order valence-electron chi connectivity index (χ0n) is 15.6. The van der Waals surface area contributed by atoms with Gasteiger partial charge in [0.25, 0.3) is 0 Å². The number of halogens is 1. The van der Waals surface area contributed by atoms with E-state index in [1.165, 1.54) is 12.1 Å². The highest BCUT2D eigenvalue weighted by molar-refractivity contribution is 5.79. The Morgan fingerprint density at radius 1 is 1.16 bits per heavy atom. The van der Waals surface area contributed by atoms with Gasteiger partial charge in [0.2, 0.25) is 0 Å². The van der Waals surface area contributed by atoms with Crippen LogP contribution in [0.3, 0.4) is 0 Å². The highest BCUT2D eigenvalue weighted by Gasteiger charge is 2.21. The molecule has 0 amide bonds. The summed E-state index contributed by atoms with van der Waals surface area (Å²) in [7, 11) is 1.78. The van der Waals surface area contributed by atoms with Gasteiger partial charge in [0, 0.05) is 39.8 Å². The van der Waals surface area contributed by atoms with Crippen LogP contribution in [0.25, 0.3) is 0 Å². The number of nitrogens with zero attached hydrogens (tertiary/aromatic N) is 2. The fourth-order valence-corrected chi connectivity index (χ4v) is 3.17. The molecule has 2 atom stereocenters. The first-order chi connectivity index (χ1) is 12.1. The molecule has 1 aromatic carbocycles. The van der Waals surface area contributed by atoms with E-state index in [-0.39, 0.29) is 5.82 Å². The Morgan fingerprint density at radius 3 is 2.44 bits per heavy atom. The van der Waals surface area contributed by atoms with E-state index in [9.17, 15) is 4.39 Å². The van der Waals surface area contributed by atoms with E-state index in [2.05, 4.69) is 34.4 Å². The van der Waals surface area contributed by atoms with Gasteiger partial charge >= 0.3 is 0 Å². The van der Waals surface area contributed by atoms with Gasteiger partial charge in [-0.25, -0.2) is 4.39 Å². The largest absolute Gasteiger partial charge is 0.373 e. The third-order valence-electron chi connectivity index (χ3n) is 4.28. The number of aliphatic imine (C=N–C) groups is 1. The van der Waals surface area contributed by atoms with Crippen LogP contribution in [0.1, 0.15) is 25.8 Å². The second-order valence-electron chi connectivity index (χ2n) is 6.67. The average Bonchev–Trinajstić information content (AvgIpc) is 2.58. The highest BCUT2D eigenvalue weighted by atomic mass is 19.1. The van der Waals surface area contributed by atoms with Crippen molar-refractivity contribution in [1.29, 1.82) is 0 Å². The van der Waals surface area contributed by atoms with Gasteiger partial charge in [-0.2, -0.15) is 0 Å². The standard InChI is InChI=1S/C19H31FN4O/c1-15-13-24(14-16(2)25-15)12-4-10-22-19(21-3)23-11-9-17-5-7-18(20)8-6-17/h5-8,15-16H,4,9-14H2,1-3H3,(H2,21,22,23). The Bertz CT molecular complexity index is 525. The van der Waals surface area contributed by atoms with Crippen molar-refractivity contribution in [2.75, 3.05) is 39.8 Å². The number of guanidine groups is 1. The molecular weight excluding hydrogens is 319 g/mol. The fraction of sp³-hybridized carbons (Fsp3) is 0.632. The van der Waals surface area contributed by atoms with Gasteiger partial charge < -0.3 is 15.4 Å². The Balaban J connectivity index is 1.59. The molecule has 1 fully saturated rings. The number of rotatable bonds is 7. The van der Waals surface area contributed by atoms with Crippen molar-refractivity contribution >= 4 is 5.96 Å². The number of hydrogen-bond donors (Lipinski definition) is 2. The third kappa shape index (κ3) is 7.40. The molecule has 5 nitrogen and oxygen atoms in total. The van der Waals surface area contributed by atoms with Crippen LogP contribution in [0, 0.1) is 5.82 Å². The van der Waals surface area contributed by atoms with Crippen molar-refractivity contribution in [3.05, 3.63) is 35.6 Å². The molecule has 2 unspecified atom stereocenters. The minimum atomic E-state index is -0.196. The van der Waals surface area contributed by atoms with E-state index < -0.39 is 0 Å². The first-order valence-corrected chi connectivity index (χ1v) is 9.13. The van der Waals surface area contributed by atoms with E-state index in [0.29, 0.717) is 12.2 Å². The van der Waals surface area contributed by atoms with Crippen molar-refractivity contribution in [3.8, 4) is 0 Å². The molecule has 2 rings (SSSR count). The fourth-order valence-electron chi connectivity index (χ4n) is 3.17. The lowest BCUT2D eigenvalue weighted by molar-refractivity contribution is -0.0679. The van der Waals surface area contributed by atoms with Crippen LogP contribution in [-0.4, -0.2) is 62.8 Å². The normalized spacial score (nSPS) is 22.0. The summed E-state index contributed by atoms with van der Waals surface area (Å²) in [5.41, 5.74) is 1.11. The van der Waals surface area contributed by atoms with Gasteiger partial charge in [-0.3, -0.25) is 9.89 Å². The summed E-state index contributed by atoms with van der Waals surface area (Å²) in [5, 5.41) is 6.64. The molecule has 0 bridgehead atoms. The lowest BCUT2D eigenvalue weighted by Gasteiger charge is -2.35. The van der Waals surface area contributed by atoms with E-state index >= 15 is 0 Å². The minimum Gasteiger partial charge on any atom is -0.373 e. The average molecular weight is 350 g/mol. The van der Waals surface area contributed by atoms with Crippen LogP contribution >= 0.6 is 0 Å². The van der Waals surface area contributed by atoms with Crippen LogP contribution in [0.4, 0.5) is 4.39 Å². The molecule has 6 heteroatoms. The zero-order valence-corrected chi connectivity index (χ0v) is 15.6. The van der Waals surface area contributed by atoms with Crippen LogP contribution in [0.5, 0.6) is 0 Å². The van der Waals surface area contributed by atoms with Gasteiger partial charge in [-0.1, -0.05) is 12.1 Å². The third-order valence-corrected chi connectivity index (χ3v) is 4.28. The SMILES string of the molecule is CN=C(NCCCN1CC(C)OC(C)C1)NCCc1ccc(F)cc1. The van der Waals surface area contributed by atoms with Crippen LogP contribution in [-0.2, 0) is 11.2 Å². The lowest BCUT2D eigenvalue weighted by Crippen LogP contribution is -2.46. The van der Waals surface area contributed by atoms with Crippen LogP contribution < -0.4 is 10.6 Å². The maximum absolute atomic E-state index is 12.9. The molecule has 0 saturated carbocycles. The summed E-state index contributed by atoms with van der Waals surface area (Å²) in [6.07, 6.45) is 2.54. The maximum atomic E-state index is 12.9. The molecular formula is C19H31FN4O. The first kappa shape index (κ1) is 19.7. The molecule has 1 heterocycles.